The first-order valence-electron chi connectivity index (χ1n) is 6.47. The summed E-state index contributed by atoms with van der Waals surface area (Å²) >= 11 is 0. The zero-order valence-corrected chi connectivity index (χ0v) is 11.5. The summed E-state index contributed by atoms with van der Waals surface area (Å²) in [5.74, 6) is -0.0281. The lowest BCUT2D eigenvalue weighted by Crippen LogP contribution is -2.48. The summed E-state index contributed by atoms with van der Waals surface area (Å²) in [7, 11) is 0. The fourth-order valence-electron chi connectivity index (χ4n) is 1.80. The maximum absolute atomic E-state index is 12.2. The van der Waals surface area contributed by atoms with E-state index in [1.165, 1.54) is 0 Å². The topological polar surface area (TPSA) is 87.7 Å². The maximum Gasteiger partial charge on any atom is 0.262 e. The van der Waals surface area contributed by atoms with Gasteiger partial charge in [0.1, 0.15) is 5.75 Å². The second-order valence-electron chi connectivity index (χ2n) is 5.07. The maximum atomic E-state index is 12.2. The van der Waals surface area contributed by atoms with Crippen molar-refractivity contribution in [2.45, 2.75) is 25.8 Å². The molecule has 0 radical (unpaired) electrons. The van der Waals surface area contributed by atoms with Crippen LogP contribution < -0.4 is 15.4 Å². The molecule has 1 atom stereocenters. The van der Waals surface area contributed by atoms with Gasteiger partial charge in [0.2, 0.25) is 0 Å². The zero-order valence-electron chi connectivity index (χ0n) is 11.5. The molecule has 2 rings (SSSR count). The van der Waals surface area contributed by atoms with Crippen molar-refractivity contribution >= 4 is 17.5 Å². The number of ether oxygens (including phenoxy) is 1. The highest BCUT2D eigenvalue weighted by Crippen LogP contribution is 2.28. The van der Waals surface area contributed by atoms with Crippen molar-refractivity contribution in [3.8, 4) is 5.75 Å². The second kappa shape index (κ2) is 5.50. The Morgan fingerprint density at radius 2 is 2.30 bits per heavy atom. The van der Waals surface area contributed by atoms with Gasteiger partial charge in [-0.15, -0.1) is 0 Å². The molecule has 1 aliphatic rings. The highest BCUT2D eigenvalue weighted by Gasteiger charge is 2.25. The molecule has 1 aromatic rings. The first-order chi connectivity index (χ1) is 9.47. The van der Waals surface area contributed by atoms with E-state index >= 15 is 0 Å². The molecule has 20 heavy (non-hydrogen) atoms. The van der Waals surface area contributed by atoms with Gasteiger partial charge in [-0.3, -0.25) is 9.59 Å². The third kappa shape index (κ3) is 2.91. The summed E-state index contributed by atoms with van der Waals surface area (Å²) in [5, 5.41) is 14.8. The number of aliphatic hydroxyl groups is 1. The summed E-state index contributed by atoms with van der Waals surface area (Å²) in [4.78, 5) is 23.3. The number of carbonyl (C=O) groups excluding carboxylic acids is 2. The molecule has 0 spiro atoms. The highest BCUT2D eigenvalue weighted by atomic mass is 16.5. The summed E-state index contributed by atoms with van der Waals surface area (Å²) in [6.07, 6.45) is 0.618. The van der Waals surface area contributed by atoms with Gasteiger partial charge in [0, 0.05) is 5.56 Å². The van der Waals surface area contributed by atoms with E-state index in [-0.39, 0.29) is 25.0 Å². The number of benzene rings is 1. The first kappa shape index (κ1) is 14.3. The lowest BCUT2D eigenvalue weighted by molar-refractivity contribution is -0.118. The number of hydrogen-bond acceptors (Lipinski definition) is 4. The van der Waals surface area contributed by atoms with E-state index in [4.69, 9.17) is 4.74 Å². The van der Waals surface area contributed by atoms with Crippen LogP contribution in [-0.2, 0) is 4.79 Å². The molecule has 1 aromatic carbocycles. The predicted octanol–water partition coefficient (Wildman–Crippen LogP) is 0.908. The minimum absolute atomic E-state index is 0.0542. The van der Waals surface area contributed by atoms with E-state index in [1.54, 1.807) is 25.1 Å². The number of fused-ring (bicyclic) bond motifs is 1. The van der Waals surface area contributed by atoms with Crippen LogP contribution in [0.1, 0.15) is 30.6 Å². The van der Waals surface area contributed by atoms with Gasteiger partial charge in [-0.05, 0) is 31.5 Å². The smallest absolute Gasteiger partial charge is 0.262 e. The number of nitrogens with one attached hydrogen (secondary N) is 2. The number of anilines is 1. The van der Waals surface area contributed by atoms with Crippen molar-refractivity contribution in [3.63, 3.8) is 0 Å². The van der Waals surface area contributed by atoms with Crippen LogP contribution >= 0.6 is 0 Å². The summed E-state index contributed by atoms with van der Waals surface area (Å²) in [6.45, 7) is 3.48. The Balaban J connectivity index is 2.18. The Morgan fingerprint density at radius 3 is 2.95 bits per heavy atom. The van der Waals surface area contributed by atoms with Gasteiger partial charge in [-0.1, -0.05) is 6.92 Å². The molecule has 1 aliphatic heterocycles. The Hall–Kier alpha value is -2.08. The molecule has 6 heteroatoms. The number of rotatable bonds is 4. The summed E-state index contributed by atoms with van der Waals surface area (Å²) in [5.41, 5.74) is 0.327. The Labute approximate surface area is 117 Å². The van der Waals surface area contributed by atoms with E-state index in [1.807, 2.05) is 6.92 Å². The summed E-state index contributed by atoms with van der Waals surface area (Å²) in [6, 6.07) is 4.82. The SMILES string of the molecule is CCC(C)(CO)NC(=O)c1ccc2c(c1)OCC(=O)N2. The van der Waals surface area contributed by atoms with Gasteiger partial charge in [-0.25, -0.2) is 0 Å². The molecule has 6 nitrogen and oxygen atoms in total. The van der Waals surface area contributed by atoms with Crippen LogP contribution in [-0.4, -0.2) is 35.7 Å². The Morgan fingerprint density at radius 1 is 1.55 bits per heavy atom. The van der Waals surface area contributed by atoms with Crippen LogP contribution in [0.25, 0.3) is 0 Å². The fraction of sp³-hybridized carbons (Fsp3) is 0.429. The van der Waals surface area contributed by atoms with Crippen molar-refractivity contribution in [3.05, 3.63) is 23.8 Å². The van der Waals surface area contributed by atoms with Crippen LogP contribution in [0.5, 0.6) is 5.75 Å². The summed E-state index contributed by atoms with van der Waals surface area (Å²) < 4.78 is 5.27. The second-order valence-corrected chi connectivity index (χ2v) is 5.07. The van der Waals surface area contributed by atoms with Crippen molar-refractivity contribution in [2.75, 3.05) is 18.5 Å². The average Bonchev–Trinajstić information content (AvgIpc) is 2.46. The predicted molar refractivity (Wildman–Crippen MR) is 73.8 cm³/mol. The number of carbonyl (C=O) groups is 2. The Bertz CT molecular complexity index is 538. The van der Waals surface area contributed by atoms with E-state index < -0.39 is 5.54 Å². The quantitative estimate of drug-likeness (QED) is 0.764. The van der Waals surface area contributed by atoms with Gasteiger partial charge >= 0.3 is 0 Å². The monoisotopic (exact) mass is 278 g/mol. The third-order valence-corrected chi connectivity index (χ3v) is 3.42. The fourth-order valence-corrected chi connectivity index (χ4v) is 1.80. The van der Waals surface area contributed by atoms with Crippen LogP contribution in [0, 0.1) is 0 Å². The lowest BCUT2D eigenvalue weighted by Gasteiger charge is -2.27. The van der Waals surface area contributed by atoms with E-state index in [2.05, 4.69) is 10.6 Å². The van der Waals surface area contributed by atoms with Crippen LogP contribution in [0.2, 0.25) is 0 Å². The molecule has 1 unspecified atom stereocenters. The molecule has 0 saturated heterocycles. The molecular weight excluding hydrogens is 260 g/mol. The van der Waals surface area contributed by atoms with Crippen molar-refractivity contribution in [2.24, 2.45) is 0 Å². The third-order valence-electron chi connectivity index (χ3n) is 3.42. The average molecular weight is 278 g/mol. The molecule has 108 valence electrons. The molecule has 0 aromatic heterocycles. The first-order valence-corrected chi connectivity index (χ1v) is 6.47. The zero-order chi connectivity index (χ0) is 14.8. The molecule has 0 saturated carbocycles. The molecule has 3 N–H and O–H groups in total. The highest BCUT2D eigenvalue weighted by molar-refractivity contribution is 5.99. The normalized spacial score (nSPS) is 16.4. The van der Waals surface area contributed by atoms with E-state index in [0.717, 1.165) is 0 Å². The number of aliphatic hydroxyl groups excluding tert-OH is 1. The molecule has 1 heterocycles. The van der Waals surface area contributed by atoms with Gasteiger partial charge in [0.25, 0.3) is 11.8 Å². The minimum atomic E-state index is -0.651. The number of amides is 2. The minimum Gasteiger partial charge on any atom is -0.482 e. The van der Waals surface area contributed by atoms with Crippen molar-refractivity contribution in [1.82, 2.24) is 5.32 Å². The van der Waals surface area contributed by atoms with Gasteiger partial charge in [-0.2, -0.15) is 0 Å². The Kier molecular flexibility index (Phi) is 3.94. The molecular formula is C14H18N2O4. The van der Waals surface area contributed by atoms with Gasteiger partial charge in [0.15, 0.2) is 6.61 Å². The van der Waals surface area contributed by atoms with Crippen molar-refractivity contribution < 1.29 is 19.4 Å². The van der Waals surface area contributed by atoms with Crippen LogP contribution in [0.4, 0.5) is 5.69 Å². The van der Waals surface area contributed by atoms with E-state index in [0.29, 0.717) is 23.4 Å². The number of hydrogen-bond donors (Lipinski definition) is 3. The largest absolute Gasteiger partial charge is 0.482 e. The van der Waals surface area contributed by atoms with Crippen molar-refractivity contribution in [1.29, 1.82) is 0 Å². The lowest BCUT2D eigenvalue weighted by atomic mass is 9.99. The molecule has 0 fully saturated rings. The van der Waals surface area contributed by atoms with Crippen LogP contribution in [0.15, 0.2) is 18.2 Å². The molecule has 0 aliphatic carbocycles. The standard InChI is InChI=1S/C14H18N2O4/c1-3-14(2,8-17)16-13(19)9-4-5-10-11(6-9)20-7-12(18)15-10/h4-6,17H,3,7-8H2,1-2H3,(H,15,18)(H,16,19). The van der Waals surface area contributed by atoms with Gasteiger partial charge < -0.3 is 20.5 Å². The molecule has 0 bridgehead atoms. The van der Waals surface area contributed by atoms with E-state index in [9.17, 15) is 14.7 Å². The van der Waals surface area contributed by atoms with Gasteiger partial charge in [0.05, 0.1) is 17.8 Å². The molecule has 2 amide bonds. The van der Waals surface area contributed by atoms with Crippen LogP contribution in [0.3, 0.4) is 0 Å².